The molecule has 1 saturated heterocycles. The van der Waals surface area contributed by atoms with Crippen LogP contribution >= 0.6 is 23.2 Å². The molecule has 1 amide bonds. The highest BCUT2D eigenvalue weighted by molar-refractivity contribution is 6.42. The molecule has 0 bridgehead atoms. The van der Waals surface area contributed by atoms with Crippen molar-refractivity contribution in [2.45, 2.75) is 12.8 Å². The molecule has 4 rings (SSSR count). The van der Waals surface area contributed by atoms with E-state index in [2.05, 4.69) is 0 Å². The summed E-state index contributed by atoms with van der Waals surface area (Å²) in [5, 5.41) is 0.686. The monoisotopic (exact) mass is 480 g/mol. The molecule has 5 nitrogen and oxygen atoms in total. The first-order chi connectivity index (χ1) is 15.1. The Balaban J connectivity index is 1.77. The summed E-state index contributed by atoms with van der Waals surface area (Å²) in [6, 6.07) is 8.79. The van der Waals surface area contributed by atoms with Crippen LogP contribution in [0.1, 0.15) is 38.9 Å². The van der Waals surface area contributed by atoms with Gasteiger partial charge in [0, 0.05) is 43.5 Å². The molecule has 3 aromatic rings. The maximum atomic E-state index is 13.8. The van der Waals surface area contributed by atoms with Crippen LogP contribution in [0.4, 0.5) is 8.78 Å². The van der Waals surface area contributed by atoms with E-state index < -0.39 is 11.7 Å². The van der Waals surface area contributed by atoms with Crippen molar-refractivity contribution in [3.63, 3.8) is 0 Å². The summed E-state index contributed by atoms with van der Waals surface area (Å²) in [5.74, 6) is -3.82. The van der Waals surface area contributed by atoms with Crippen molar-refractivity contribution >= 4 is 45.8 Å². The molecule has 0 atom stereocenters. The minimum atomic E-state index is -3.01. The highest BCUT2D eigenvalue weighted by atomic mass is 35.5. The zero-order chi connectivity index (χ0) is 23.2. The van der Waals surface area contributed by atoms with E-state index >= 15 is 0 Å². The molecule has 0 saturated carbocycles. The summed E-state index contributed by atoms with van der Waals surface area (Å²) in [6.45, 7) is 2.53. The lowest BCUT2D eigenvalue weighted by Gasteiger charge is -2.27. The maximum absolute atomic E-state index is 13.8. The molecule has 0 radical (unpaired) electrons. The van der Waals surface area contributed by atoms with Gasteiger partial charge in [0.1, 0.15) is 0 Å². The van der Waals surface area contributed by atoms with Gasteiger partial charge in [-0.25, -0.2) is 8.78 Å². The molecule has 1 aliphatic heterocycles. The van der Waals surface area contributed by atoms with E-state index in [-0.39, 0.29) is 38.3 Å². The number of halogens is 4. The van der Waals surface area contributed by atoms with Gasteiger partial charge in [-0.1, -0.05) is 35.3 Å². The van der Waals surface area contributed by atoms with Crippen molar-refractivity contribution in [1.82, 2.24) is 9.47 Å². The fourth-order valence-electron chi connectivity index (χ4n) is 3.81. The predicted octanol–water partition coefficient (Wildman–Crippen LogP) is 5.30. The molecule has 0 unspecified atom stereocenters. The molecule has 1 aliphatic rings. The molecule has 32 heavy (non-hydrogen) atoms. The van der Waals surface area contributed by atoms with Gasteiger partial charge in [-0.2, -0.15) is 0 Å². The van der Waals surface area contributed by atoms with Crippen LogP contribution in [0.25, 0.3) is 10.9 Å². The number of carbonyl (C=O) groups is 2. The fourth-order valence-corrected chi connectivity index (χ4v) is 4.43. The molecule has 0 N–H and O–H groups in total. The highest BCUT2D eigenvalue weighted by Crippen LogP contribution is 2.34. The number of alkyl halides is 2. The van der Waals surface area contributed by atoms with Crippen molar-refractivity contribution in [2.24, 2.45) is 7.05 Å². The van der Waals surface area contributed by atoms with Crippen LogP contribution in [0.5, 0.6) is 0 Å². The Morgan fingerprint density at radius 1 is 1.06 bits per heavy atom. The zero-order valence-corrected chi connectivity index (χ0v) is 18.9. The largest absolute Gasteiger partial charge is 0.378 e. The predicted molar refractivity (Wildman–Crippen MR) is 119 cm³/mol. The summed E-state index contributed by atoms with van der Waals surface area (Å²) < 4.78 is 34.3. The number of ether oxygens (including phenoxy) is 1. The van der Waals surface area contributed by atoms with Crippen LogP contribution in [0.15, 0.2) is 36.4 Å². The third-order valence-electron chi connectivity index (χ3n) is 5.63. The number of carbonyl (C=O) groups excluding carboxylic acids is 2. The average molecular weight is 481 g/mol. The number of fused-ring (bicyclic) bond motifs is 1. The molecule has 9 heteroatoms. The molecule has 0 aliphatic carbocycles. The molecule has 2 heterocycles. The number of aromatic nitrogens is 1. The van der Waals surface area contributed by atoms with E-state index in [1.54, 1.807) is 24.1 Å². The van der Waals surface area contributed by atoms with Gasteiger partial charge < -0.3 is 14.2 Å². The van der Waals surface area contributed by atoms with Crippen molar-refractivity contribution in [3.05, 3.63) is 68.8 Å². The van der Waals surface area contributed by atoms with Crippen molar-refractivity contribution in [2.75, 3.05) is 26.3 Å². The van der Waals surface area contributed by atoms with Crippen LogP contribution in [0, 0.1) is 0 Å². The van der Waals surface area contributed by atoms with Gasteiger partial charge in [-0.15, -0.1) is 0 Å². The number of rotatable bonds is 4. The number of nitrogens with zero attached hydrogens (tertiary/aromatic N) is 2. The van der Waals surface area contributed by atoms with E-state index in [0.717, 1.165) is 6.92 Å². The summed E-state index contributed by atoms with van der Waals surface area (Å²) >= 11 is 12.8. The number of benzene rings is 2. The number of aryl methyl sites for hydroxylation is 1. The van der Waals surface area contributed by atoms with Crippen molar-refractivity contribution in [3.8, 4) is 0 Å². The quantitative estimate of drug-likeness (QED) is 0.476. The van der Waals surface area contributed by atoms with Gasteiger partial charge in [-0.3, -0.25) is 9.59 Å². The van der Waals surface area contributed by atoms with E-state index in [1.807, 2.05) is 0 Å². The molecular weight excluding hydrogens is 461 g/mol. The maximum Gasteiger partial charge on any atom is 0.270 e. The van der Waals surface area contributed by atoms with Crippen LogP contribution in [-0.4, -0.2) is 47.5 Å². The smallest absolute Gasteiger partial charge is 0.270 e. The molecule has 0 spiro atoms. The number of ketones is 1. The number of hydrogen-bond acceptors (Lipinski definition) is 3. The number of hydrogen-bond donors (Lipinski definition) is 0. The van der Waals surface area contributed by atoms with Crippen LogP contribution in [-0.2, 0) is 17.7 Å². The molecule has 168 valence electrons. The van der Waals surface area contributed by atoms with Gasteiger partial charge in [0.05, 0.1) is 40.1 Å². The number of morpholine rings is 1. The lowest BCUT2D eigenvalue weighted by molar-refractivity contribution is 0.0176. The topological polar surface area (TPSA) is 51.5 Å². The first-order valence-corrected chi connectivity index (χ1v) is 10.7. The Bertz CT molecular complexity index is 1230. The Morgan fingerprint density at radius 2 is 1.75 bits per heavy atom. The van der Waals surface area contributed by atoms with E-state index in [9.17, 15) is 18.4 Å². The fraction of sp³-hybridized carbons (Fsp3) is 0.304. The van der Waals surface area contributed by atoms with Gasteiger partial charge in [0.15, 0.2) is 0 Å². The summed E-state index contributed by atoms with van der Waals surface area (Å²) in [7, 11) is 1.61. The van der Waals surface area contributed by atoms with Crippen molar-refractivity contribution in [1.29, 1.82) is 0 Å². The lowest BCUT2D eigenvalue weighted by atomic mass is 10.0. The third kappa shape index (κ3) is 4.00. The second-order valence-corrected chi connectivity index (χ2v) is 8.55. The van der Waals surface area contributed by atoms with E-state index in [1.165, 1.54) is 28.8 Å². The molecule has 1 aromatic heterocycles. The first-order valence-electron chi connectivity index (χ1n) is 9.97. The summed E-state index contributed by atoms with van der Waals surface area (Å²) in [5.41, 5.74) is 0.711. The number of amides is 1. The standard InChI is InChI=1S/C23H20Cl2F2N2O3/c1-23(26,27)14-4-3-13-11-18(28(2)17(13)12-14)21(30)19-16(24)6-5-15(20(19)25)22(31)29-7-9-32-10-8-29/h3-6,11-12H,7-10H2,1-2H3. The minimum absolute atomic E-state index is 0.000561. The first kappa shape index (κ1) is 22.7. The summed E-state index contributed by atoms with van der Waals surface area (Å²) in [4.78, 5) is 28.0. The van der Waals surface area contributed by atoms with E-state index in [0.29, 0.717) is 37.2 Å². The van der Waals surface area contributed by atoms with Gasteiger partial charge >= 0.3 is 0 Å². The second-order valence-electron chi connectivity index (χ2n) is 7.77. The van der Waals surface area contributed by atoms with Crippen molar-refractivity contribution < 1.29 is 23.1 Å². The van der Waals surface area contributed by atoms with Gasteiger partial charge in [0.25, 0.3) is 11.8 Å². The molecule has 2 aromatic carbocycles. The van der Waals surface area contributed by atoms with Gasteiger partial charge in [-0.05, 0) is 24.3 Å². The minimum Gasteiger partial charge on any atom is -0.378 e. The molecule has 1 fully saturated rings. The van der Waals surface area contributed by atoms with Gasteiger partial charge in [0.2, 0.25) is 5.78 Å². The Kier molecular flexibility index (Phi) is 6.00. The Morgan fingerprint density at radius 3 is 2.41 bits per heavy atom. The Hall–Kier alpha value is -2.48. The average Bonchev–Trinajstić information content (AvgIpc) is 3.09. The highest BCUT2D eigenvalue weighted by Gasteiger charge is 2.28. The van der Waals surface area contributed by atoms with Crippen LogP contribution in [0.3, 0.4) is 0 Å². The third-order valence-corrected chi connectivity index (χ3v) is 6.34. The van der Waals surface area contributed by atoms with Crippen LogP contribution in [0.2, 0.25) is 10.0 Å². The normalized spacial score (nSPS) is 14.8. The Labute approximate surface area is 193 Å². The second kappa shape index (κ2) is 8.46. The summed E-state index contributed by atoms with van der Waals surface area (Å²) in [6.07, 6.45) is 0. The molecular formula is C23H20Cl2F2N2O3. The SMILES string of the molecule is Cn1c(C(=O)c2c(Cl)ccc(C(=O)N3CCOCC3)c2Cl)cc2ccc(C(C)(F)F)cc21. The van der Waals surface area contributed by atoms with Crippen LogP contribution < -0.4 is 0 Å². The lowest BCUT2D eigenvalue weighted by Crippen LogP contribution is -2.40. The van der Waals surface area contributed by atoms with E-state index in [4.69, 9.17) is 27.9 Å². The zero-order valence-electron chi connectivity index (χ0n) is 17.4.